The predicted molar refractivity (Wildman–Crippen MR) is 78.6 cm³/mol. The van der Waals surface area contributed by atoms with Crippen molar-refractivity contribution in [1.29, 1.82) is 0 Å². The van der Waals surface area contributed by atoms with Crippen LogP contribution in [0.3, 0.4) is 0 Å². The van der Waals surface area contributed by atoms with Gasteiger partial charge in [-0.15, -0.1) is 11.6 Å². The van der Waals surface area contributed by atoms with Gasteiger partial charge in [0.05, 0.1) is 12.1 Å². The third kappa shape index (κ3) is 4.75. The zero-order valence-corrected chi connectivity index (χ0v) is 12.7. The zero-order valence-electron chi connectivity index (χ0n) is 11.9. The fourth-order valence-electron chi connectivity index (χ4n) is 1.70. The highest BCUT2D eigenvalue weighted by molar-refractivity contribution is 6.19. The van der Waals surface area contributed by atoms with Crippen LogP contribution in [0.5, 0.6) is 5.75 Å². The minimum Gasteiger partial charge on any atom is -0.491 e. The molecule has 0 fully saturated rings. The van der Waals surface area contributed by atoms with E-state index >= 15 is 0 Å². The summed E-state index contributed by atoms with van der Waals surface area (Å²) in [7, 11) is 0. The van der Waals surface area contributed by atoms with Crippen molar-refractivity contribution in [3.8, 4) is 5.75 Å². The first-order chi connectivity index (χ1) is 8.95. The molecule has 4 heteroatoms. The molecule has 1 N–H and O–H groups in total. The number of carbonyl (C=O) groups excluding carboxylic acids is 1. The van der Waals surface area contributed by atoms with Gasteiger partial charge in [0.25, 0.3) is 0 Å². The number of para-hydroxylation sites is 1. The van der Waals surface area contributed by atoms with Crippen molar-refractivity contribution in [2.24, 2.45) is 5.92 Å². The van der Waals surface area contributed by atoms with Crippen LogP contribution in [0.2, 0.25) is 0 Å². The molecule has 106 valence electrons. The maximum absolute atomic E-state index is 11.9. The fraction of sp³-hybridized carbons (Fsp3) is 0.533. The summed E-state index contributed by atoms with van der Waals surface area (Å²) in [4.78, 5) is 11.9. The number of hydrogen-bond donors (Lipinski definition) is 1. The number of amides is 1. The number of alkyl halides is 1. The van der Waals surface area contributed by atoms with Gasteiger partial charge in [-0.05, 0) is 26.8 Å². The van der Waals surface area contributed by atoms with Gasteiger partial charge < -0.3 is 10.1 Å². The molecule has 3 nitrogen and oxygen atoms in total. The van der Waals surface area contributed by atoms with Crippen molar-refractivity contribution in [3.63, 3.8) is 0 Å². The van der Waals surface area contributed by atoms with E-state index in [4.69, 9.17) is 16.3 Å². The number of halogens is 1. The second-order valence-electron chi connectivity index (χ2n) is 4.99. The summed E-state index contributed by atoms with van der Waals surface area (Å²) in [5, 5.41) is 2.96. The van der Waals surface area contributed by atoms with Crippen molar-refractivity contribution in [2.75, 3.05) is 5.88 Å². The summed E-state index contributed by atoms with van der Waals surface area (Å²) in [6.45, 7) is 7.72. The summed E-state index contributed by atoms with van der Waals surface area (Å²) < 4.78 is 5.76. The normalized spacial score (nSPS) is 14.0. The maximum atomic E-state index is 11.9. The van der Waals surface area contributed by atoms with E-state index in [2.05, 4.69) is 5.32 Å². The third-order valence-electron chi connectivity index (χ3n) is 2.79. The highest BCUT2D eigenvalue weighted by Crippen LogP contribution is 2.26. The molecule has 19 heavy (non-hydrogen) atoms. The Morgan fingerprint density at radius 2 is 1.89 bits per heavy atom. The molecule has 0 spiro atoms. The molecule has 0 aliphatic carbocycles. The molecule has 0 heterocycles. The van der Waals surface area contributed by atoms with Crippen LogP contribution >= 0.6 is 11.6 Å². The lowest BCUT2D eigenvalue weighted by Crippen LogP contribution is -2.32. The molecule has 0 aromatic heterocycles. The van der Waals surface area contributed by atoms with Crippen LogP contribution in [0, 0.1) is 5.92 Å². The van der Waals surface area contributed by atoms with E-state index in [1.807, 2.05) is 52.0 Å². The zero-order chi connectivity index (χ0) is 14.4. The van der Waals surface area contributed by atoms with Gasteiger partial charge in [-0.2, -0.15) is 0 Å². The Bertz CT molecular complexity index is 420. The Hall–Kier alpha value is -1.22. The van der Waals surface area contributed by atoms with Crippen LogP contribution < -0.4 is 10.1 Å². The minimum absolute atomic E-state index is 0.0400. The third-order valence-corrected chi connectivity index (χ3v) is 3.25. The van der Waals surface area contributed by atoms with E-state index in [-0.39, 0.29) is 24.0 Å². The van der Waals surface area contributed by atoms with Gasteiger partial charge in [-0.25, -0.2) is 0 Å². The standard InChI is InChI=1S/C15H22ClNO2/c1-10(2)19-14-8-6-5-7-13(14)12(4)17-15(18)11(3)9-16/h5-8,10-12H,9H2,1-4H3,(H,17,18). The Balaban J connectivity index is 2.81. The first kappa shape index (κ1) is 15.8. The summed E-state index contributed by atoms with van der Waals surface area (Å²) in [5.74, 6) is 0.899. The monoisotopic (exact) mass is 283 g/mol. The summed E-state index contributed by atoms with van der Waals surface area (Å²) in [6, 6.07) is 7.65. The Morgan fingerprint density at radius 3 is 2.47 bits per heavy atom. The van der Waals surface area contributed by atoms with Crippen LogP contribution in [0.1, 0.15) is 39.3 Å². The van der Waals surface area contributed by atoms with Crippen molar-refractivity contribution in [3.05, 3.63) is 29.8 Å². The molecule has 0 saturated carbocycles. The number of carbonyl (C=O) groups is 1. The number of ether oxygens (including phenoxy) is 1. The smallest absolute Gasteiger partial charge is 0.224 e. The number of rotatable bonds is 6. The molecule has 1 rings (SSSR count). The van der Waals surface area contributed by atoms with Crippen LogP contribution in [0.25, 0.3) is 0 Å². The lowest BCUT2D eigenvalue weighted by Gasteiger charge is -2.21. The highest BCUT2D eigenvalue weighted by Gasteiger charge is 2.17. The van der Waals surface area contributed by atoms with E-state index < -0.39 is 0 Å². The second kappa shape index (κ2) is 7.39. The average molecular weight is 284 g/mol. The van der Waals surface area contributed by atoms with E-state index in [0.29, 0.717) is 5.88 Å². The van der Waals surface area contributed by atoms with Gasteiger partial charge in [0.15, 0.2) is 0 Å². The van der Waals surface area contributed by atoms with Crippen molar-refractivity contribution < 1.29 is 9.53 Å². The van der Waals surface area contributed by atoms with E-state index in [9.17, 15) is 4.79 Å². The van der Waals surface area contributed by atoms with Crippen LogP contribution in [-0.2, 0) is 4.79 Å². The van der Waals surface area contributed by atoms with E-state index in [1.54, 1.807) is 0 Å². The highest BCUT2D eigenvalue weighted by atomic mass is 35.5. The minimum atomic E-state index is -0.192. The van der Waals surface area contributed by atoms with E-state index in [0.717, 1.165) is 11.3 Å². The van der Waals surface area contributed by atoms with Crippen molar-refractivity contribution in [2.45, 2.75) is 39.8 Å². The molecule has 0 radical (unpaired) electrons. The van der Waals surface area contributed by atoms with E-state index in [1.165, 1.54) is 0 Å². The first-order valence-corrected chi connectivity index (χ1v) is 7.11. The molecule has 0 aliphatic heterocycles. The largest absolute Gasteiger partial charge is 0.491 e. The molecule has 1 aromatic carbocycles. The summed E-state index contributed by atoms with van der Waals surface area (Å²) >= 11 is 5.69. The molecule has 2 atom stereocenters. The lowest BCUT2D eigenvalue weighted by molar-refractivity contribution is -0.124. The summed E-state index contributed by atoms with van der Waals surface area (Å²) in [5.41, 5.74) is 0.978. The Morgan fingerprint density at radius 1 is 1.26 bits per heavy atom. The molecule has 0 aliphatic rings. The molecule has 1 aromatic rings. The molecule has 0 saturated heterocycles. The summed E-state index contributed by atoms with van der Waals surface area (Å²) in [6.07, 6.45) is 0.103. The Kier molecular flexibility index (Phi) is 6.16. The average Bonchev–Trinajstić information content (AvgIpc) is 2.37. The van der Waals surface area contributed by atoms with Crippen LogP contribution in [0.4, 0.5) is 0 Å². The molecular formula is C15H22ClNO2. The molecular weight excluding hydrogens is 262 g/mol. The lowest BCUT2D eigenvalue weighted by atomic mass is 10.1. The quantitative estimate of drug-likeness (QED) is 0.811. The number of nitrogens with one attached hydrogen (secondary N) is 1. The molecule has 1 amide bonds. The van der Waals surface area contributed by atoms with Gasteiger partial charge >= 0.3 is 0 Å². The van der Waals surface area contributed by atoms with Crippen molar-refractivity contribution >= 4 is 17.5 Å². The first-order valence-electron chi connectivity index (χ1n) is 6.57. The van der Waals surface area contributed by atoms with Gasteiger partial charge in [-0.1, -0.05) is 25.1 Å². The number of hydrogen-bond acceptors (Lipinski definition) is 2. The number of benzene rings is 1. The van der Waals surface area contributed by atoms with Gasteiger partial charge in [0.1, 0.15) is 5.75 Å². The topological polar surface area (TPSA) is 38.3 Å². The van der Waals surface area contributed by atoms with Crippen LogP contribution in [0.15, 0.2) is 24.3 Å². The van der Waals surface area contributed by atoms with Crippen LogP contribution in [-0.4, -0.2) is 17.9 Å². The van der Waals surface area contributed by atoms with Gasteiger partial charge in [-0.3, -0.25) is 4.79 Å². The molecule has 0 bridgehead atoms. The van der Waals surface area contributed by atoms with Crippen molar-refractivity contribution in [1.82, 2.24) is 5.32 Å². The maximum Gasteiger partial charge on any atom is 0.224 e. The van der Waals surface area contributed by atoms with Gasteiger partial charge in [0.2, 0.25) is 5.91 Å². The molecule has 2 unspecified atom stereocenters. The second-order valence-corrected chi connectivity index (χ2v) is 5.30. The SMILES string of the molecule is CC(C)Oc1ccccc1C(C)NC(=O)C(C)CCl. The fourth-order valence-corrected chi connectivity index (χ4v) is 1.84. The van der Waals surface area contributed by atoms with Gasteiger partial charge in [0, 0.05) is 17.4 Å². The Labute approximate surface area is 120 Å². The predicted octanol–water partition coefficient (Wildman–Crippen LogP) is 3.53.